The second-order valence-corrected chi connectivity index (χ2v) is 10.4. The molecule has 1 saturated carbocycles. The molecule has 1 saturated heterocycles. The third-order valence-electron chi connectivity index (χ3n) is 7.85. The van der Waals surface area contributed by atoms with Gasteiger partial charge in [0.15, 0.2) is 0 Å². The van der Waals surface area contributed by atoms with Crippen LogP contribution in [0.15, 0.2) is 0 Å². The molecule has 188 valence electrons. The average Bonchev–Trinajstić information content (AvgIpc) is 2.77. The van der Waals surface area contributed by atoms with Crippen molar-refractivity contribution in [3.8, 4) is 0 Å². The Morgan fingerprint density at radius 3 is 2.19 bits per heavy atom. The fourth-order valence-corrected chi connectivity index (χ4v) is 5.45. The molecule has 0 aromatic heterocycles. The Hall–Kier alpha value is -0.650. The number of ether oxygens (including phenoxy) is 1. The predicted molar refractivity (Wildman–Crippen MR) is 135 cm³/mol. The fourth-order valence-electron chi connectivity index (χ4n) is 5.45. The first kappa shape index (κ1) is 27.6. The van der Waals surface area contributed by atoms with Crippen LogP contribution < -0.4 is 0 Å². The lowest BCUT2D eigenvalue weighted by Crippen LogP contribution is -2.51. The zero-order valence-corrected chi connectivity index (χ0v) is 22.0. The van der Waals surface area contributed by atoms with E-state index >= 15 is 0 Å². The van der Waals surface area contributed by atoms with Crippen molar-refractivity contribution in [3.05, 3.63) is 0 Å². The van der Waals surface area contributed by atoms with E-state index in [0.29, 0.717) is 18.1 Å². The molecule has 0 bridgehead atoms. The molecule has 0 spiro atoms. The standard InChI is InChI=1S/C27H53N3O2/c1-6-10-13-23(11-7-2)22-30-16-14-29(15-17-30)18-19-32-26-20-25(21-26)28(5)27(31)24(9-4)12-8-3/h23-26H,6-22H2,1-5H3/t23?,24?,25-,26-. The molecule has 0 radical (unpaired) electrons. The van der Waals surface area contributed by atoms with Crippen LogP contribution in [0.5, 0.6) is 0 Å². The molecule has 1 aliphatic heterocycles. The summed E-state index contributed by atoms with van der Waals surface area (Å²) in [6.07, 6.45) is 12.2. The van der Waals surface area contributed by atoms with Crippen molar-refractivity contribution in [2.24, 2.45) is 11.8 Å². The molecule has 1 heterocycles. The van der Waals surface area contributed by atoms with Crippen molar-refractivity contribution in [3.63, 3.8) is 0 Å². The minimum Gasteiger partial charge on any atom is -0.377 e. The highest BCUT2D eigenvalue weighted by Gasteiger charge is 2.36. The molecule has 5 nitrogen and oxygen atoms in total. The van der Waals surface area contributed by atoms with E-state index in [1.165, 1.54) is 64.8 Å². The predicted octanol–water partition coefficient (Wildman–Crippen LogP) is 5.04. The zero-order chi connectivity index (χ0) is 23.3. The molecule has 5 heteroatoms. The van der Waals surface area contributed by atoms with Crippen LogP contribution in [-0.4, -0.2) is 85.7 Å². The minimum atomic E-state index is 0.201. The Morgan fingerprint density at radius 2 is 1.59 bits per heavy atom. The summed E-state index contributed by atoms with van der Waals surface area (Å²) in [6.45, 7) is 16.9. The number of hydrogen-bond acceptors (Lipinski definition) is 4. The number of amides is 1. The van der Waals surface area contributed by atoms with E-state index in [4.69, 9.17) is 4.74 Å². The maximum atomic E-state index is 12.7. The van der Waals surface area contributed by atoms with Crippen molar-refractivity contribution < 1.29 is 9.53 Å². The number of carbonyl (C=O) groups is 1. The van der Waals surface area contributed by atoms with Crippen LogP contribution in [0.3, 0.4) is 0 Å². The number of carbonyl (C=O) groups excluding carboxylic acids is 1. The Morgan fingerprint density at radius 1 is 0.938 bits per heavy atom. The fraction of sp³-hybridized carbons (Fsp3) is 0.963. The summed E-state index contributed by atoms with van der Waals surface area (Å²) in [5.41, 5.74) is 0. The van der Waals surface area contributed by atoms with Gasteiger partial charge in [-0.2, -0.15) is 0 Å². The van der Waals surface area contributed by atoms with Gasteiger partial charge in [0.25, 0.3) is 0 Å². The maximum Gasteiger partial charge on any atom is 0.225 e. The highest BCUT2D eigenvalue weighted by atomic mass is 16.5. The van der Waals surface area contributed by atoms with Gasteiger partial charge in [0.2, 0.25) is 5.91 Å². The first-order valence-corrected chi connectivity index (χ1v) is 13.8. The van der Waals surface area contributed by atoms with Crippen molar-refractivity contribution in [1.82, 2.24) is 14.7 Å². The van der Waals surface area contributed by atoms with Crippen LogP contribution in [0.25, 0.3) is 0 Å². The van der Waals surface area contributed by atoms with Gasteiger partial charge in [-0.15, -0.1) is 0 Å². The lowest BCUT2D eigenvalue weighted by molar-refractivity contribution is -0.142. The van der Waals surface area contributed by atoms with Crippen LogP contribution in [0.2, 0.25) is 0 Å². The smallest absolute Gasteiger partial charge is 0.225 e. The molecule has 2 atom stereocenters. The van der Waals surface area contributed by atoms with Crippen molar-refractivity contribution in [2.45, 2.75) is 104 Å². The van der Waals surface area contributed by atoms with Gasteiger partial charge in [-0.05, 0) is 44.4 Å². The van der Waals surface area contributed by atoms with Crippen LogP contribution in [0.4, 0.5) is 0 Å². The number of unbranched alkanes of at least 4 members (excludes halogenated alkanes) is 1. The first-order valence-electron chi connectivity index (χ1n) is 13.8. The molecule has 1 amide bonds. The van der Waals surface area contributed by atoms with Gasteiger partial charge in [-0.1, -0.05) is 53.4 Å². The summed E-state index contributed by atoms with van der Waals surface area (Å²) in [4.78, 5) is 20.0. The SMILES string of the molecule is CCCCC(CCC)CN1CCN(CCO[C@H]2C[C@H](N(C)C(=O)C(CC)CCC)C2)CC1. The quantitative estimate of drug-likeness (QED) is 0.329. The van der Waals surface area contributed by atoms with Gasteiger partial charge in [-0.3, -0.25) is 9.69 Å². The molecule has 2 aliphatic rings. The number of nitrogens with zero attached hydrogens (tertiary/aromatic N) is 3. The van der Waals surface area contributed by atoms with Gasteiger partial charge in [-0.25, -0.2) is 0 Å². The minimum absolute atomic E-state index is 0.201. The number of hydrogen-bond donors (Lipinski definition) is 0. The second kappa shape index (κ2) is 15.3. The third-order valence-corrected chi connectivity index (χ3v) is 7.85. The molecule has 0 aromatic carbocycles. The summed E-state index contributed by atoms with van der Waals surface area (Å²) in [5, 5.41) is 0. The molecule has 2 unspecified atom stereocenters. The molecule has 1 aliphatic carbocycles. The Balaban J connectivity index is 1.57. The van der Waals surface area contributed by atoms with Crippen molar-refractivity contribution in [2.75, 3.05) is 52.9 Å². The van der Waals surface area contributed by atoms with Gasteiger partial charge >= 0.3 is 0 Å². The van der Waals surface area contributed by atoms with Crippen LogP contribution in [0.1, 0.15) is 91.9 Å². The largest absolute Gasteiger partial charge is 0.377 e. The second-order valence-electron chi connectivity index (χ2n) is 10.4. The molecule has 0 aromatic rings. The highest BCUT2D eigenvalue weighted by Crippen LogP contribution is 2.29. The van der Waals surface area contributed by atoms with E-state index in [-0.39, 0.29) is 5.92 Å². The zero-order valence-electron chi connectivity index (χ0n) is 22.0. The van der Waals surface area contributed by atoms with Crippen molar-refractivity contribution in [1.29, 1.82) is 0 Å². The van der Waals surface area contributed by atoms with Gasteiger partial charge in [0, 0.05) is 58.3 Å². The van der Waals surface area contributed by atoms with Crippen molar-refractivity contribution >= 4 is 5.91 Å². The monoisotopic (exact) mass is 451 g/mol. The van der Waals surface area contributed by atoms with E-state index in [0.717, 1.165) is 51.2 Å². The molecule has 2 fully saturated rings. The molecule has 2 rings (SSSR count). The summed E-state index contributed by atoms with van der Waals surface area (Å²) < 4.78 is 6.15. The van der Waals surface area contributed by atoms with Gasteiger partial charge in [0.05, 0.1) is 12.7 Å². The maximum absolute atomic E-state index is 12.7. The summed E-state index contributed by atoms with van der Waals surface area (Å²) in [5.74, 6) is 1.43. The normalized spacial score (nSPS) is 24.2. The van der Waals surface area contributed by atoms with E-state index in [2.05, 4.69) is 37.5 Å². The molecular formula is C27H53N3O2. The van der Waals surface area contributed by atoms with Crippen LogP contribution in [-0.2, 0) is 9.53 Å². The van der Waals surface area contributed by atoms with E-state index in [9.17, 15) is 4.79 Å². The number of piperazine rings is 1. The molecule has 32 heavy (non-hydrogen) atoms. The average molecular weight is 452 g/mol. The topological polar surface area (TPSA) is 36.0 Å². The summed E-state index contributed by atoms with van der Waals surface area (Å²) >= 11 is 0. The lowest BCUT2D eigenvalue weighted by Gasteiger charge is -2.42. The lowest BCUT2D eigenvalue weighted by atomic mass is 9.86. The van der Waals surface area contributed by atoms with E-state index in [1.807, 2.05) is 11.9 Å². The van der Waals surface area contributed by atoms with Gasteiger partial charge in [0.1, 0.15) is 0 Å². The molecular weight excluding hydrogens is 398 g/mol. The first-order chi connectivity index (χ1) is 15.5. The summed E-state index contributed by atoms with van der Waals surface area (Å²) in [6, 6.07) is 0.380. The number of rotatable bonds is 16. The highest BCUT2D eigenvalue weighted by molar-refractivity contribution is 5.79. The van der Waals surface area contributed by atoms with Gasteiger partial charge < -0.3 is 14.5 Å². The van der Waals surface area contributed by atoms with E-state index in [1.54, 1.807) is 0 Å². The third kappa shape index (κ3) is 8.95. The Kier molecular flexibility index (Phi) is 13.2. The molecule has 0 N–H and O–H groups in total. The summed E-state index contributed by atoms with van der Waals surface area (Å²) in [7, 11) is 1.99. The Bertz CT molecular complexity index is 501. The van der Waals surface area contributed by atoms with Crippen LogP contribution in [0, 0.1) is 11.8 Å². The van der Waals surface area contributed by atoms with Crippen LogP contribution >= 0.6 is 0 Å². The Labute approximate surface area is 199 Å². The van der Waals surface area contributed by atoms with E-state index < -0.39 is 0 Å².